The molecule has 0 aliphatic heterocycles. The Kier molecular flexibility index (Phi) is 9.18. The van der Waals surface area contributed by atoms with Crippen molar-refractivity contribution in [1.82, 2.24) is 0 Å². The highest BCUT2D eigenvalue weighted by Gasteiger charge is 2.07. The lowest BCUT2D eigenvalue weighted by Gasteiger charge is -2.08. The van der Waals surface area contributed by atoms with Gasteiger partial charge in [0.15, 0.2) is 0 Å². The van der Waals surface area contributed by atoms with E-state index in [1.807, 2.05) is 38.1 Å². The normalized spacial score (nSPS) is 10.5. The van der Waals surface area contributed by atoms with Gasteiger partial charge < -0.3 is 18.9 Å². The highest BCUT2D eigenvalue weighted by atomic mass is 16.6. The molecule has 0 aliphatic rings. The molecule has 28 heavy (non-hydrogen) atoms. The monoisotopic (exact) mass is 386 g/mol. The Labute approximate surface area is 165 Å². The highest BCUT2D eigenvalue weighted by molar-refractivity contribution is 5.90. The van der Waals surface area contributed by atoms with E-state index < -0.39 is 0 Å². The second-order valence-corrected chi connectivity index (χ2v) is 6.24. The summed E-state index contributed by atoms with van der Waals surface area (Å²) in [6.45, 7) is 5.53. The molecule has 0 fully saturated rings. The highest BCUT2D eigenvalue weighted by Crippen LogP contribution is 2.06. The van der Waals surface area contributed by atoms with E-state index in [2.05, 4.69) is 0 Å². The van der Waals surface area contributed by atoms with Crippen molar-refractivity contribution in [2.45, 2.75) is 13.8 Å². The fraction of sp³-hybridized carbons (Fsp3) is 0.364. The van der Waals surface area contributed by atoms with Crippen molar-refractivity contribution in [3.05, 3.63) is 70.8 Å². The number of carbonyl (C=O) groups excluding carboxylic acids is 2. The molecule has 0 unspecified atom stereocenters. The van der Waals surface area contributed by atoms with Crippen molar-refractivity contribution >= 4 is 11.9 Å². The van der Waals surface area contributed by atoms with E-state index in [-0.39, 0.29) is 25.2 Å². The van der Waals surface area contributed by atoms with Crippen molar-refractivity contribution in [1.29, 1.82) is 0 Å². The second kappa shape index (κ2) is 11.9. The molecule has 0 heterocycles. The van der Waals surface area contributed by atoms with Crippen LogP contribution in [0.5, 0.6) is 0 Å². The van der Waals surface area contributed by atoms with Gasteiger partial charge in [0.1, 0.15) is 13.2 Å². The van der Waals surface area contributed by atoms with Crippen LogP contribution in [0.15, 0.2) is 48.5 Å². The van der Waals surface area contributed by atoms with Gasteiger partial charge in [0.05, 0.1) is 37.6 Å². The fourth-order valence-corrected chi connectivity index (χ4v) is 2.42. The van der Waals surface area contributed by atoms with Crippen LogP contribution in [0.3, 0.4) is 0 Å². The van der Waals surface area contributed by atoms with Crippen LogP contribution in [0.25, 0.3) is 0 Å². The van der Waals surface area contributed by atoms with Gasteiger partial charge in [-0.2, -0.15) is 0 Å². The first-order valence-corrected chi connectivity index (χ1v) is 9.19. The minimum atomic E-state index is -0.362. The molecule has 2 aromatic rings. The number of hydrogen-bond donors (Lipinski definition) is 0. The third-order valence-corrected chi connectivity index (χ3v) is 3.80. The van der Waals surface area contributed by atoms with Gasteiger partial charge >= 0.3 is 11.9 Å². The summed E-state index contributed by atoms with van der Waals surface area (Å²) in [6, 6.07) is 14.5. The predicted molar refractivity (Wildman–Crippen MR) is 105 cm³/mol. The van der Waals surface area contributed by atoms with Crippen molar-refractivity contribution in [3.8, 4) is 0 Å². The Morgan fingerprint density at radius 1 is 0.643 bits per heavy atom. The maximum absolute atomic E-state index is 11.8. The number of carbonyl (C=O) groups is 2. The van der Waals surface area contributed by atoms with E-state index in [0.717, 1.165) is 11.1 Å². The standard InChI is InChI=1S/C22H26O6/c1-17-5-3-7-19(15-17)21(23)27-13-11-25-9-10-26-12-14-28-22(24)20-8-4-6-18(2)16-20/h3-8,15-16H,9-14H2,1-2H3. The van der Waals surface area contributed by atoms with Crippen molar-refractivity contribution in [2.24, 2.45) is 0 Å². The quantitative estimate of drug-likeness (QED) is 0.436. The Morgan fingerprint density at radius 2 is 1.04 bits per heavy atom. The molecule has 150 valence electrons. The molecule has 0 saturated heterocycles. The summed E-state index contributed by atoms with van der Waals surface area (Å²) >= 11 is 0. The zero-order chi connectivity index (χ0) is 20.2. The molecule has 2 aromatic carbocycles. The first kappa shape index (κ1) is 21.6. The molecule has 0 aromatic heterocycles. The van der Waals surface area contributed by atoms with Crippen LogP contribution in [-0.4, -0.2) is 51.6 Å². The number of ether oxygens (including phenoxy) is 4. The van der Waals surface area contributed by atoms with Crippen LogP contribution in [-0.2, 0) is 18.9 Å². The largest absolute Gasteiger partial charge is 0.460 e. The summed E-state index contributed by atoms with van der Waals surface area (Å²) in [5.41, 5.74) is 3.08. The first-order chi connectivity index (χ1) is 13.6. The molecule has 0 aliphatic carbocycles. The predicted octanol–water partition coefficient (Wildman–Crippen LogP) is 3.35. The lowest BCUT2D eigenvalue weighted by molar-refractivity contribution is 0.00229. The van der Waals surface area contributed by atoms with E-state index >= 15 is 0 Å². The van der Waals surface area contributed by atoms with Crippen molar-refractivity contribution in [2.75, 3.05) is 39.6 Å². The van der Waals surface area contributed by atoms with E-state index in [1.54, 1.807) is 24.3 Å². The average molecular weight is 386 g/mol. The van der Waals surface area contributed by atoms with Crippen LogP contribution < -0.4 is 0 Å². The molecule has 2 rings (SSSR count). The summed E-state index contributed by atoms with van der Waals surface area (Å²) in [7, 11) is 0. The number of hydrogen-bond acceptors (Lipinski definition) is 6. The molecule has 0 atom stereocenters. The van der Waals surface area contributed by atoms with Crippen LogP contribution in [0.4, 0.5) is 0 Å². The molecule has 0 radical (unpaired) electrons. The Balaban J connectivity index is 1.45. The minimum Gasteiger partial charge on any atom is -0.460 e. The van der Waals surface area contributed by atoms with Gasteiger partial charge in [-0.25, -0.2) is 9.59 Å². The lowest BCUT2D eigenvalue weighted by Crippen LogP contribution is -2.15. The van der Waals surface area contributed by atoms with E-state index in [9.17, 15) is 9.59 Å². The summed E-state index contributed by atoms with van der Waals surface area (Å²) in [5, 5.41) is 0. The van der Waals surface area contributed by atoms with Crippen LogP contribution in [0.1, 0.15) is 31.8 Å². The van der Waals surface area contributed by atoms with Gasteiger partial charge in [0.25, 0.3) is 0 Å². The summed E-state index contributed by atoms with van der Waals surface area (Å²) in [4.78, 5) is 23.7. The summed E-state index contributed by atoms with van der Waals surface area (Å²) in [6.07, 6.45) is 0. The Morgan fingerprint density at radius 3 is 1.43 bits per heavy atom. The van der Waals surface area contributed by atoms with Crippen molar-refractivity contribution < 1.29 is 28.5 Å². The zero-order valence-corrected chi connectivity index (χ0v) is 16.3. The molecule has 0 amide bonds. The van der Waals surface area contributed by atoms with Gasteiger partial charge in [-0.1, -0.05) is 35.4 Å². The van der Waals surface area contributed by atoms with Gasteiger partial charge in [-0.15, -0.1) is 0 Å². The number of benzene rings is 2. The summed E-state index contributed by atoms with van der Waals surface area (Å²) < 4.78 is 21.0. The lowest BCUT2D eigenvalue weighted by atomic mass is 10.1. The average Bonchev–Trinajstić information content (AvgIpc) is 2.69. The van der Waals surface area contributed by atoms with Crippen LogP contribution >= 0.6 is 0 Å². The molecule has 6 heteroatoms. The van der Waals surface area contributed by atoms with Crippen LogP contribution in [0.2, 0.25) is 0 Å². The smallest absolute Gasteiger partial charge is 0.338 e. The Bertz CT molecular complexity index is 706. The van der Waals surface area contributed by atoms with Crippen molar-refractivity contribution in [3.63, 3.8) is 0 Å². The third kappa shape index (κ3) is 7.90. The maximum atomic E-state index is 11.8. The molecular formula is C22H26O6. The van der Waals surface area contributed by atoms with Gasteiger partial charge in [0, 0.05) is 0 Å². The van der Waals surface area contributed by atoms with E-state index in [1.165, 1.54) is 0 Å². The molecule has 0 saturated carbocycles. The molecule has 6 nitrogen and oxygen atoms in total. The molecule has 0 spiro atoms. The molecule has 0 N–H and O–H groups in total. The third-order valence-electron chi connectivity index (χ3n) is 3.80. The van der Waals surface area contributed by atoms with E-state index in [0.29, 0.717) is 37.6 Å². The van der Waals surface area contributed by atoms with E-state index in [4.69, 9.17) is 18.9 Å². The molecule has 0 bridgehead atoms. The van der Waals surface area contributed by atoms with Gasteiger partial charge in [-0.3, -0.25) is 0 Å². The minimum absolute atomic E-state index is 0.181. The number of rotatable bonds is 11. The van der Waals surface area contributed by atoms with Crippen LogP contribution in [0, 0.1) is 13.8 Å². The van der Waals surface area contributed by atoms with Gasteiger partial charge in [-0.05, 0) is 38.1 Å². The maximum Gasteiger partial charge on any atom is 0.338 e. The Hall–Kier alpha value is -2.70. The topological polar surface area (TPSA) is 71.1 Å². The number of esters is 2. The first-order valence-electron chi connectivity index (χ1n) is 9.19. The second-order valence-electron chi connectivity index (χ2n) is 6.24. The van der Waals surface area contributed by atoms with Gasteiger partial charge in [0.2, 0.25) is 0 Å². The molecular weight excluding hydrogens is 360 g/mol. The SMILES string of the molecule is Cc1cccc(C(=O)OCCOCCOCCOC(=O)c2cccc(C)c2)c1. The number of aryl methyl sites for hydroxylation is 2. The summed E-state index contributed by atoms with van der Waals surface area (Å²) in [5.74, 6) is -0.724. The zero-order valence-electron chi connectivity index (χ0n) is 16.3. The fourth-order valence-electron chi connectivity index (χ4n) is 2.42.